The summed E-state index contributed by atoms with van der Waals surface area (Å²) in [6.07, 6.45) is 0. The Morgan fingerprint density at radius 3 is 1.83 bits per heavy atom. The van der Waals surface area contributed by atoms with E-state index in [-0.39, 0.29) is 0 Å². The van der Waals surface area contributed by atoms with Crippen molar-refractivity contribution >= 4 is 10.5 Å². The Hall–Kier alpha value is -0.603. The van der Waals surface area contributed by atoms with Crippen molar-refractivity contribution in [3.05, 3.63) is 35.9 Å². The first-order chi connectivity index (χ1) is 5.72. The molecule has 0 saturated heterocycles. The Labute approximate surface area is 78.3 Å². The maximum absolute atomic E-state index is 4.39. The normalized spacial score (nSPS) is 9.33. The summed E-state index contributed by atoms with van der Waals surface area (Å²) >= 11 is 0. The van der Waals surface area contributed by atoms with Gasteiger partial charge in [-0.05, 0) is 11.5 Å². The van der Waals surface area contributed by atoms with Crippen LogP contribution in [0.1, 0.15) is 25.3 Å². The topological polar surface area (TPSA) is 9.23 Å². The molecule has 0 bridgehead atoms. The van der Waals surface area contributed by atoms with Crippen LogP contribution in [0.2, 0.25) is 0 Å². The molecule has 0 aliphatic carbocycles. The zero-order valence-corrected chi connectivity index (χ0v) is 10.4. The van der Waals surface area contributed by atoms with E-state index in [0.717, 1.165) is 10.5 Å². The summed E-state index contributed by atoms with van der Waals surface area (Å²) in [4.78, 5) is 0. The standard InChI is InChI=1S/C9H12.CH6OSi/c1-8(2)9-6-4-3-5-7-9;1-2-3/h3-8H,1-2H3;1,3H3. The third-order valence-electron chi connectivity index (χ3n) is 1.47. The first kappa shape index (κ1) is 11.4. The summed E-state index contributed by atoms with van der Waals surface area (Å²) in [5.41, 5.74) is 1.41. The summed E-state index contributed by atoms with van der Waals surface area (Å²) in [5, 5.41) is 0. The quantitative estimate of drug-likeness (QED) is 0.601. The molecule has 0 spiro atoms. The van der Waals surface area contributed by atoms with E-state index in [4.69, 9.17) is 0 Å². The Morgan fingerprint density at radius 2 is 1.58 bits per heavy atom. The minimum Gasteiger partial charge on any atom is -0.431 e. The zero-order valence-electron chi connectivity index (χ0n) is 8.37. The molecule has 0 amide bonds. The molecular formula is C10H18OSi. The van der Waals surface area contributed by atoms with Crippen LogP contribution in [0.25, 0.3) is 0 Å². The lowest BCUT2D eigenvalue weighted by Crippen LogP contribution is -1.83. The van der Waals surface area contributed by atoms with Gasteiger partial charge < -0.3 is 4.43 Å². The largest absolute Gasteiger partial charge is 0.431 e. The van der Waals surface area contributed by atoms with E-state index in [1.165, 1.54) is 5.56 Å². The molecule has 12 heavy (non-hydrogen) atoms. The summed E-state index contributed by atoms with van der Waals surface area (Å²) < 4.78 is 4.39. The average Bonchev–Trinajstić information content (AvgIpc) is 2.07. The summed E-state index contributed by atoms with van der Waals surface area (Å²) in [6.45, 7) is 4.41. The predicted molar refractivity (Wildman–Crippen MR) is 57.5 cm³/mol. The lowest BCUT2D eigenvalue weighted by atomic mass is 10.0. The number of benzene rings is 1. The smallest absolute Gasteiger partial charge is 0.145 e. The molecule has 0 N–H and O–H groups in total. The van der Waals surface area contributed by atoms with Gasteiger partial charge in [0.05, 0.1) is 0 Å². The van der Waals surface area contributed by atoms with Crippen LogP contribution in [0, 0.1) is 0 Å². The van der Waals surface area contributed by atoms with Gasteiger partial charge in [-0.25, -0.2) is 0 Å². The number of hydrogen-bond acceptors (Lipinski definition) is 1. The van der Waals surface area contributed by atoms with Gasteiger partial charge in [0.1, 0.15) is 10.5 Å². The highest BCUT2D eigenvalue weighted by Crippen LogP contribution is 2.11. The fourth-order valence-corrected chi connectivity index (χ4v) is 0.838. The van der Waals surface area contributed by atoms with Crippen LogP contribution in [-0.4, -0.2) is 17.6 Å². The van der Waals surface area contributed by atoms with Crippen molar-refractivity contribution in [3.63, 3.8) is 0 Å². The molecule has 1 aromatic carbocycles. The van der Waals surface area contributed by atoms with Crippen molar-refractivity contribution in [2.45, 2.75) is 19.8 Å². The molecule has 1 rings (SSSR count). The predicted octanol–water partition coefficient (Wildman–Crippen LogP) is 1.72. The highest BCUT2D eigenvalue weighted by Gasteiger charge is 1.93. The van der Waals surface area contributed by atoms with Crippen molar-refractivity contribution in [1.29, 1.82) is 0 Å². The van der Waals surface area contributed by atoms with E-state index in [9.17, 15) is 0 Å². The second-order valence-electron chi connectivity index (χ2n) is 2.97. The lowest BCUT2D eigenvalue weighted by Gasteiger charge is -2.01. The van der Waals surface area contributed by atoms with Crippen LogP contribution < -0.4 is 0 Å². The van der Waals surface area contributed by atoms with Gasteiger partial charge in [0.2, 0.25) is 0 Å². The van der Waals surface area contributed by atoms with E-state index >= 15 is 0 Å². The molecular weight excluding hydrogens is 164 g/mol. The summed E-state index contributed by atoms with van der Waals surface area (Å²) in [7, 11) is 2.56. The van der Waals surface area contributed by atoms with Crippen molar-refractivity contribution in [2.24, 2.45) is 0 Å². The molecule has 0 unspecified atom stereocenters. The third-order valence-corrected chi connectivity index (χ3v) is 1.47. The van der Waals surface area contributed by atoms with Gasteiger partial charge in [-0.15, -0.1) is 0 Å². The number of hydrogen-bond donors (Lipinski definition) is 0. The molecule has 0 radical (unpaired) electrons. The van der Waals surface area contributed by atoms with Gasteiger partial charge >= 0.3 is 0 Å². The average molecular weight is 182 g/mol. The molecule has 0 heterocycles. The van der Waals surface area contributed by atoms with E-state index in [1.54, 1.807) is 7.11 Å². The molecule has 68 valence electrons. The molecule has 0 saturated carbocycles. The minimum absolute atomic E-state index is 0.659. The van der Waals surface area contributed by atoms with Crippen molar-refractivity contribution in [3.8, 4) is 0 Å². The molecule has 0 aliphatic rings. The Bertz CT molecular complexity index is 184. The molecule has 1 aromatic rings. The third kappa shape index (κ3) is 5.10. The van der Waals surface area contributed by atoms with Crippen LogP contribution in [0.3, 0.4) is 0 Å². The fraction of sp³-hybridized carbons (Fsp3) is 0.400. The zero-order chi connectivity index (χ0) is 9.40. The highest BCUT2D eigenvalue weighted by atomic mass is 28.2. The van der Waals surface area contributed by atoms with Crippen LogP contribution in [0.15, 0.2) is 30.3 Å². The second kappa shape index (κ2) is 7.07. The van der Waals surface area contributed by atoms with Crippen LogP contribution in [-0.2, 0) is 4.43 Å². The van der Waals surface area contributed by atoms with Gasteiger partial charge in [0.25, 0.3) is 0 Å². The highest BCUT2D eigenvalue weighted by molar-refractivity contribution is 5.97. The van der Waals surface area contributed by atoms with Gasteiger partial charge in [-0.1, -0.05) is 44.2 Å². The number of rotatable bonds is 1. The van der Waals surface area contributed by atoms with Crippen molar-refractivity contribution < 1.29 is 4.43 Å². The second-order valence-corrected chi connectivity index (χ2v) is 3.79. The van der Waals surface area contributed by atoms with Crippen LogP contribution in [0.5, 0.6) is 0 Å². The summed E-state index contributed by atoms with van der Waals surface area (Å²) in [5.74, 6) is 0.659. The monoisotopic (exact) mass is 182 g/mol. The van der Waals surface area contributed by atoms with Gasteiger partial charge in [0, 0.05) is 7.11 Å². The van der Waals surface area contributed by atoms with E-state index < -0.39 is 0 Å². The minimum atomic E-state index is 0.659. The lowest BCUT2D eigenvalue weighted by molar-refractivity contribution is 0.460. The first-order valence-electron chi connectivity index (χ1n) is 4.17. The van der Waals surface area contributed by atoms with Crippen LogP contribution in [0.4, 0.5) is 0 Å². The molecule has 2 heteroatoms. The van der Waals surface area contributed by atoms with E-state index in [0.29, 0.717) is 5.92 Å². The maximum Gasteiger partial charge on any atom is 0.145 e. The Kier molecular flexibility index (Phi) is 6.71. The van der Waals surface area contributed by atoms with Crippen molar-refractivity contribution in [1.82, 2.24) is 0 Å². The maximum atomic E-state index is 4.39. The molecule has 0 aromatic heterocycles. The van der Waals surface area contributed by atoms with Gasteiger partial charge in [0.15, 0.2) is 0 Å². The van der Waals surface area contributed by atoms with E-state index in [1.807, 2.05) is 6.07 Å². The Morgan fingerprint density at radius 1 is 1.17 bits per heavy atom. The molecule has 1 nitrogen and oxygen atoms in total. The SMILES string of the molecule is CC(C)c1ccccc1.CO[SiH3]. The Balaban J connectivity index is 0.000000354. The van der Waals surface area contributed by atoms with Crippen LogP contribution >= 0.6 is 0 Å². The van der Waals surface area contributed by atoms with Gasteiger partial charge in [-0.3, -0.25) is 0 Å². The first-order valence-corrected chi connectivity index (χ1v) is 4.99. The van der Waals surface area contributed by atoms with Gasteiger partial charge in [-0.2, -0.15) is 0 Å². The molecule has 0 fully saturated rings. The molecule has 0 aliphatic heterocycles. The van der Waals surface area contributed by atoms with Crippen molar-refractivity contribution in [2.75, 3.05) is 7.11 Å². The fourth-order valence-electron chi connectivity index (χ4n) is 0.838. The molecule has 0 atom stereocenters. The van der Waals surface area contributed by atoms with E-state index in [2.05, 4.69) is 42.5 Å². The summed E-state index contributed by atoms with van der Waals surface area (Å²) in [6, 6.07) is 10.5.